The predicted octanol–water partition coefficient (Wildman–Crippen LogP) is 12.9. The molecule has 38 heavy (non-hydrogen) atoms. The van der Waals surface area contributed by atoms with Crippen molar-refractivity contribution in [1.29, 1.82) is 0 Å². The largest absolute Gasteiger partial charge is 0.0648 e. The summed E-state index contributed by atoms with van der Waals surface area (Å²) in [5.74, 6) is 3.93. The molecule has 214 valence electrons. The first-order valence-corrected chi connectivity index (χ1v) is 16.4. The quantitative estimate of drug-likeness (QED) is 0.233. The van der Waals surface area contributed by atoms with E-state index in [0.29, 0.717) is 41.4 Å². The second kappa shape index (κ2) is 14.7. The van der Waals surface area contributed by atoms with E-state index in [2.05, 4.69) is 114 Å². The highest BCUT2D eigenvalue weighted by atomic mass is 14.3. The van der Waals surface area contributed by atoms with E-state index in [1.54, 1.807) is 44.5 Å². The maximum atomic E-state index is 2.53. The van der Waals surface area contributed by atoms with Gasteiger partial charge in [0.2, 0.25) is 0 Å². The topological polar surface area (TPSA) is 0 Å². The third-order valence-electron chi connectivity index (χ3n) is 10.3. The van der Waals surface area contributed by atoms with E-state index in [1.165, 1.54) is 38.5 Å². The zero-order chi connectivity index (χ0) is 28.7. The van der Waals surface area contributed by atoms with Gasteiger partial charge in [0.25, 0.3) is 0 Å². The first-order chi connectivity index (χ1) is 18.0. The van der Waals surface area contributed by atoms with E-state index in [1.807, 2.05) is 0 Å². The molecule has 2 aromatic rings. The first kappa shape index (κ1) is 32.7. The summed E-state index contributed by atoms with van der Waals surface area (Å²) in [6.45, 7) is 31.4. The van der Waals surface area contributed by atoms with Crippen molar-refractivity contribution in [3.63, 3.8) is 0 Å². The average molecular weight is 519 g/mol. The summed E-state index contributed by atoms with van der Waals surface area (Å²) in [6, 6.07) is 10.1. The lowest BCUT2D eigenvalue weighted by atomic mass is 9.71. The van der Waals surface area contributed by atoms with Crippen molar-refractivity contribution in [3.8, 4) is 0 Å². The van der Waals surface area contributed by atoms with E-state index in [9.17, 15) is 0 Å². The zero-order valence-corrected chi connectivity index (χ0v) is 27.6. The van der Waals surface area contributed by atoms with Gasteiger partial charge in [0.1, 0.15) is 0 Å². The maximum absolute atomic E-state index is 2.53. The van der Waals surface area contributed by atoms with Crippen molar-refractivity contribution >= 4 is 0 Å². The fourth-order valence-electron chi connectivity index (χ4n) is 6.58. The molecule has 6 unspecified atom stereocenters. The average Bonchev–Trinajstić information content (AvgIpc) is 2.96. The Balaban J connectivity index is 2.98. The minimum absolute atomic E-state index is 0.394. The molecule has 6 atom stereocenters. The molecule has 0 amide bonds. The molecule has 0 saturated carbocycles. The molecule has 0 N–H and O–H groups in total. The van der Waals surface area contributed by atoms with Crippen molar-refractivity contribution < 1.29 is 0 Å². The Morgan fingerprint density at radius 3 is 0.789 bits per heavy atom. The lowest BCUT2D eigenvalue weighted by Gasteiger charge is -2.33. The summed E-state index contributed by atoms with van der Waals surface area (Å²) in [6.07, 6.45) is 7.18. The van der Waals surface area contributed by atoms with Crippen LogP contribution in [0, 0.1) is 0 Å². The standard InChI is InChI=1S/C38H62/c1-14-24(7)31-20-22-33(37(28(11)18-5)35(31)26(9)16-3)30(13)34-23-21-32(25(8)15-2)36(27(10)17-4)38(34)29(12)19-6/h20-30H,14-19H2,1-13H3. The summed E-state index contributed by atoms with van der Waals surface area (Å²) >= 11 is 0. The Kier molecular flexibility index (Phi) is 12.6. The van der Waals surface area contributed by atoms with Crippen LogP contribution in [-0.4, -0.2) is 0 Å². The monoisotopic (exact) mass is 518 g/mol. The van der Waals surface area contributed by atoms with Gasteiger partial charge in [0, 0.05) is 5.92 Å². The van der Waals surface area contributed by atoms with Crippen LogP contribution in [0.5, 0.6) is 0 Å². The number of hydrogen-bond acceptors (Lipinski definition) is 0. The molecule has 0 radical (unpaired) electrons. The van der Waals surface area contributed by atoms with E-state index in [-0.39, 0.29) is 0 Å². The Morgan fingerprint density at radius 1 is 0.342 bits per heavy atom. The molecule has 0 saturated heterocycles. The molecule has 0 nitrogen and oxygen atoms in total. The van der Waals surface area contributed by atoms with E-state index in [0.717, 1.165) is 0 Å². The van der Waals surface area contributed by atoms with Gasteiger partial charge in [-0.25, -0.2) is 0 Å². The Morgan fingerprint density at radius 2 is 0.553 bits per heavy atom. The van der Waals surface area contributed by atoms with Gasteiger partial charge in [-0.05, 0) is 119 Å². The highest BCUT2D eigenvalue weighted by Gasteiger charge is 2.29. The Labute approximate surface area is 238 Å². The van der Waals surface area contributed by atoms with Crippen LogP contribution < -0.4 is 0 Å². The normalized spacial score (nSPS) is 17.5. The van der Waals surface area contributed by atoms with Crippen LogP contribution in [0.2, 0.25) is 0 Å². The zero-order valence-electron chi connectivity index (χ0n) is 27.6. The first-order valence-electron chi connectivity index (χ1n) is 16.4. The van der Waals surface area contributed by atoms with Crippen LogP contribution in [0.3, 0.4) is 0 Å². The van der Waals surface area contributed by atoms with Crippen LogP contribution in [0.4, 0.5) is 0 Å². The highest BCUT2D eigenvalue weighted by Crippen LogP contribution is 2.46. The van der Waals surface area contributed by atoms with Crippen molar-refractivity contribution in [2.24, 2.45) is 0 Å². The molecule has 0 bridgehead atoms. The minimum Gasteiger partial charge on any atom is -0.0648 e. The van der Waals surface area contributed by atoms with Crippen molar-refractivity contribution in [2.45, 2.75) is 170 Å². The maximum Gasteiger partial charge on any atom is 0.00668 e. The number of benzene rings is 2. The van der Waals surface area contributed by atoms with E-state index < -0.39 is 0 Å². The molecule has 2 aromatic carbocycles. The Bertz CT molecular complexity index is 930. The second-order valence-electron chi connectivity index (χ2n) is 12.7. The van der Waals surface area contributed by atoms with Gasteiger partial charge in [0.15, 0.2) is 0 Å². The summed E-state index contributed by atoms with van der Waals surface area (Å²) in [7, 11) is 0. The van der Waals surface area contributed by atoms with E-state index >= 15 is 0 Å². The van der Waals surface area contributed by atoms with Crippen molar-refractivity contribution in [1.82, 2.24) is 0 Å². The SMILES string of the molecule is CCC(C)c1ccc(C(C)c2ccc(C(C)CC)c(C(C)CC)c2C(C)CC)c(C(C)CC)c1C(C)CC. The molecule has 0 aliphatic rings. The highest BCUT2D eigenvalue weighted by molar-refractivity contribution is 5.54. The fourth-order valence-corrected chi connectivity index (χ4v) is 6.58. The molecule has 2 rings (SSSR count). The second-order valence-corrected chi connectivity index (χ2v) is 12.7. The summed E-state index contributed by atoms with van der Waals surface area (Å²) < 4.78 is 0. The van der Waals surface area contributed by atoms with Gasteiger partial charge in [-0.3, -0.25) is 0 Å². The van der Waals surface area contributed by atoms with Crippen molar-refractivity contribution in [2.75, 3.05) is 0 Å². The molecule has 0 fully saturated rings. The minimum atomic E-state index is 0.394. The summed E-state index contributed by atoms with van der Waals surface area (Å²) in [4.78, 5) is 0. The molecule has 0 aliphatic carbocycles. The van der Waals surface area contributed by atoms with Gasteiger partial charge >= 0.3 is 0 Å². The Hall–Kier alpha value is -1.56. The molecule has 0 heteroatoms. The molecule has 0 aliphatic heterocycles. The molecule has 0 spiro atoms. The lowest BCUT2D eigenvalue weighted by Crippen LogP contribution is -2.17. The smallest absolute Gasteiger partial charge is 0.00668 e. The van der Waals surface area contributed by atoms with Gasteiger partial charge in [-0.15, -0.1) is 0 Å². The number of hydrogen-bond donors (Lipinski definition) is 0. The fraction of sp³-hybridized carbons (Fsp3) is 0.684. The third kappa shape index (κ3) is 6.59. The molecule has 0 heterocycles. The predicted molar refractivity (Wildman–Crippen MR) is 173 cm³/mol. The summed E-state index contributed by atoms with van der Waals surface area (Å²) in [5, 5.41) is 0. The molecule has 0 aromatic heterocycles. The van der Waals surface area contributed by atoms with Crippen LogP contribution in [0.15, 0.2) is 24.3 Å². The van der Waals surface area contributed by atoms with Gasteiger partial charge in [-0.1, -0.05) is 114 Å². The lowest BCUT2D eigenvalue weighted by molar-refractivity contribution is 0.625. The van der Waals surface area contributed by atoms with Gasteiger partial charge in [0.05, 0.1) is 0 Å². The third-order valence-corrected chi connectivity index (χ3v) is 10.3. The van der Waals surface area contributed by atoms with Crippen LogP contribution in [-0.2, 0) is 0 Å². The van der Waals surface area contributed by atoms with E-state index in [4.69, 9.17) is 0 Å². The van der Waals surface area contributed by atoms with Gasteiger partial charge < -0.3 is 0 Å². The molecular weight excluding hydrogens is 456 g/mol. The van der Waals surface area contributed by atoms with Crippen molar-refractivity contribution in [3.05, 3.63) is 68.8 Å². The van der Waals surface area contributed by atoms with Crippen LogP contribution in [0.1, 0.15) is 214 Å². The molecular formula is C38H62. The van der Waals surface area contributed by atoms with Crippen LogP contribution >= 0.6 is 0 Å². The number of rotatable bonds is 14. The summed E-state index contributed by atoms with van der Waals surface area (Å²) in [5.41, 5.74) is 13.0. The van der Waals surface area contributed by atoms with Gasteiger partial charge in [-0.2, -0.15) is 0 Å². The van der Waals surface area contributed by atoms with Crippen LogP contribution in [0.25, 0.3) is 0 Å².